The molecule has 6 rings (SSSR count). The number of hydrogen-bond acceptors (Lipinski definition) is 12. The third kappa shape index (κ3) is 4.29. The van der Waals surface area contributed by atoms with Gasteiger partial charge in [-0.3, -0.25) is 10.0 Å². The Labute approximate surface area is 216 Å². The number of carbonyl (C=O) groups is 1. The van der Waals surface area contributed by atoms with Gasteiger partial charge in [0.15, 0.2) is 34.3 Å². The summed E-state index contributed by atoms with van der Waals surface area (Å²) >= 11 is 0. The lowest BCUT2D eigenvalue weighted by Crippen LogP contribution is -2.37. The summed E-state index contributed by atoms with van der Waals surface area (Å²) in [6.45, 7) is 3.17. The van der Waals surface area contributed by atoms with Crippen LogP contribution in [0.2, 0.25) is 0 Å². The van der Waals surface area contributed by atoms with Crippen molar-refractivity contribution in [3.8, 4) is 22.9 Å². The molecule has 2 aliphatic heterocycles. The van der Waals surface area contributed by atoms with Gasteiger partial charge >= 0.3 is 0 Å². The smallest absolute Gasteiger partial charge is 0.277 e. The van der Waals surface area contributed by atoms with E-state index in [9.17, 15) is 4.79 Å². The van der Waals surface area contributed by atoms with E-state index < -0.39 is 5.91 Å². The molecule has 4 aromatic rings. The number of morpholine rings is 1. The summed E-state index contributed by atoms with van der Waals surface area (Å²) in [5, 5.41) is 8.80. The van der Waals surface area contributed by atoms with Gasteiger partial charge in [-0.2, -0.15) is 0 Å². The van der Waals surface area contributed by atoms with Gasteiger partial charge in [-0.25, -0.2) is 30.4 Å². The van der Waals surface area contributed by atoms with Gasteiger partial charge < -0.3 is 28.6 Å². The van der Waals surface area contributed by atoms with Gasteiger partial charge in [0.25, 0.3) is 5.91 Å². The number of ether oxygens (including phenoxy) is 3. The molecule has 1 amide bonds. The van der Waals surface area contributed by atoms with Crippen LogP contribution in [-0.4, -0.2) is 80.7 Å². The summed E-state index contributed by atoms with van der Waals surface area (Å²) in [5.41, 5.74) is 3.91. The van der Waals surface area contributed by atoms with Gasteiger partial charge in [-0.1, -0.05) is 0 Å². The number of imidazole rings is 1. The lowest BCUT2D eigenvalue weighted by atomic mass is 10.2. The van der Waals surface area contributed by atoms with Crippen LogP contribution in [0, 0.1) is 0 Å². The first-order chi connectivity index (χ1) is 18.5. The number of benzene rings is 1. The van der Waals surface area contributed by atoms with Crippen molar-refractivity contribution in [3.05, 3.63) is 42.0 Å². The highest BCUT2D eigenvalue weighted by atomic mass is 16.7. The van der Waals surface area contributed by atoms with Crippen LogP contribution < -0.4 is 24.8 Å². The van der Waals surface area contributed by atoms with Crippen LogP contribution in [0.25, 0.3) is 22.6 Å². The molecule has 196 valence electrons. The zero-order valence-corrected chi connectivity index (χ0v) is 20.8. The van der Waals surface area contributed by atoms with Crippen molar-refractivity contribution < 1.29 is 24.2 Å². The molecule has 0 atom stereocenters. The van der Waals surface area contributed by atoms with E-state index in [1.807, 2.05) is 41.8 Å². The van der Waals surface area contributed by atoms with Crippen LogP contribution in [0.5, 0.6) is 11.5 Å². The van der Waals surface area contributed by atoms with Crippen LogP contribution in [0.15, 0.2) is 30.6 Å². The minimum Gasteiger partial charge on any atom is -0.454 e. The van der Waals surface area contributed by atoms with Crippen LogP contribution >= 0.6 is 0 Å². The van der Waals surface area contributed by atoms with Crippen molar-refractivity contribution >= 4 is 28.8 Å². The number of amides is 1. The quantitative estimate of drug-likeness (QED) is 0.277. The average Bonchev–Trinajstić information content (AvgIpc) is 3.56. The van der Waals surface area contributed by atoms with E-state index >= 15 is 0 Å². The number of nitrogens with zero attached hydrogens (tertiary/aromatic N) is 8. The van der Waals surface area contributed by atoms with Gasteiger partial charge in [0.1, 0.15) is 5.82 Å². The monoisotopic (exact) mass is 519 g/mol. The number of fused-ring (bicyclic) bond motifs is 2. The standard InChI is InChI=1S/C24H25N9O5/c1-31(24-25-10-15(11-26-24)23(34)30-35)12-18-27-19-21(32(18)2)28-20(29-22(19)33-5-7-36-8-6-33)14-3-4-16-17(9-14)38-13-37-16/h3-4,9-11,35H,5-8,12-13H2,1-2H3,(H,30,34). The fourth-order valence-electron chi connectivity index (χ4n) is 4.38. The second-order valence-corrected chi connectivity index (χ2v) is 8.87. The van der Waals surface area contributed by atoms with Crippen molar-refractivity contribution in [3.63, 3.8) is 0 Å². The third-order valence-electron chi connectivity index (χ3n) is 6.46. The van der Waals surface area contributed by atoms with Gasteiger partial charge in [0.05, 0.1) is 25.3 Å². The van der Waals surface area contributed by atoms with E-state index in [1.54, 1.807) is 5.48 Å². The minimum atomic E-state index is -0.679. The Bertz CT molecular complexity index is 1500. The molecule has 14 heteroatoms. The van der Waals surface area contributed by atoms with Crippen molar-refractivity contribution in [1.82, 2.24) is 35.0 Å². The fourth-order valence-corrected chi connectivity index (χ4v) is 4.38. The maximum Gasteiger partial charge on any atom is 0.277 e. The molecule has 1 aromatic carbocycles. The SMILES string of the molecule is CN(Cc1nc2c(N3CCOCC3)nc(-c3ccc4c(c3)OCO4)nc2n1C)c1ncc(C(=O)NO)cn1. The van der Waals surface area contributed by atoms with Crippen LogP contribution in [0.4, 0.5) is 11.8 Å². The first-order valence-corrected chi connectivity index (χ1v) is 12.0. The highest BCUT2D eigenvalue weighted by Crippen LogP contribution is 2.36. The number of aryl methyl sites for hydroxylation is 1. The van der Waals surface area contributed by atoms with Gasteiger partial charge in [-0.05, 0) is 18.2 Å². The molecule has 2 N–H and O–H groups in total. The van der Waals surface area contributed by atoms with Crippen molar-refractivity contribution in [1.29, 1.82) is 0 Å². The molecule has 0 saturated carbocycles. The van der Waals surface area contributed by atoms with Gasteiger partial charge in [0, 0.05) is 45.1 Å². The molecule has 0 unspecified atom stereocenters. The average molecular weight is 520 g/mol. The topological polar surface area (TPSA) is 153 Å². The summed E-state index contributed by atoms with van der Waals surface area (Å²) in [7, 11) is 3.74. The Morgan fingerprint density at radius 1 is 1.11 bits per heavy atom. The molecule has 0 bridgehead atoms. The number of hydrogen-bond donors (Lipinski definition) is 2. The molecule has 38 heavy (non-hydrogen) atoms. The highest BCUT2D eigenvalue weighted by Gasteiger charge is 2.24. The van der Waals surface area contributed by atoms with Crippen LogP contribution in [-0.2, 0) is 18.3 Å². The molecule has 1 fully saturated rings. The van der Waals surface area contributed by atoms with Crippen molar-refractivity contribution in [2.75, 3.05) is 49.9 Å². The number of aromatic nitrogens is 6. The largest absolute Gasteiger partial charge is 0.454 e. The van der Waals surface area contributed by atoms with Crippen LogP contribution in [0.1, 0.15) is 16.2 Å². The molecular weight excluding hydrogens is 494 g/mol. The Morgan fingerprint density at radius 3 is 2.63 bits per heavy atom. The molecule has 5 heterocycles. The number of hydroxylamine groups is 1. The predicted molar refractivity (Wildman–Crippen MR) is 134 cm³/mol. The molecular formula is C24H25N9O5. The van der Waals surface area contributed by atoms with Gasteiger partial charge in [-0.15, -0.1) is 0 Å². The predicted octanol–water partition coefficient (Wildman–Crippen LogP) is 1.14. The lowest BCUT2D eigenvalue weighted by molar-refractivity contribution is 0.0705. The lowest BCUT2D eigenvalue weighted by Gasteiger charge is -2.28. The number of nitrogens with one attached hydrogen (secondary N) is 1. The normalized spacial score (nSPS) is 14.7. The van der Waals surface area contributed by atoms with E-state index in [0.29, 0.717) is 67.3 Å². The Kier molecular flexibility index (Phi) is 6.09. The van der Waals surface area contributed by atoms with E-state index in [1.165, 1.54) is 12.4 Å². The molecule has 1 saturated heterocycles. The summed E-state index contributed by atoms with van der Waals surface area (Å²) in [6, 6.07) is 5.66. The Morgan fingerprint density at radius 2 is 1.87 bits per heavy atom. The van der Waals surface area contributed by atoms with Crippen molar-refractivity contribution in [2.24, 2.45) is 7.05 Å². The maximum absolute atomic E-state index is 11.6. The number of anilines is 2. The van der Waals surface area contributed by atoms with E-state index in [2.05, 4.69) is 14.9 Å². The fraction of sp³-hybridized carbons (Fsp3) is 0.333. The highest BCUT2D eigenvalue weighted by molar-refractivity contribution is 5.92. The zero-order chi connectivity index (χ0) is 26.2. The summed E-state index contributed by atoms with van der Waals surface area (Å²) in [6.07, 6.45) is 2.69. The second-order valence-electron chi connectivity index (χ2n) is 8.87. The Balaban J connectivity index is 1.38. The van der Waals surface area contributed by atoms with E-state index in [4.69, 9.17) is 34.4 Å². The number of carbonyl (C=O) groups excluding carboxylic acids is 1. The molecule has 0 radical (unpaired) electrons. The van der Waals surface area contributed by atoms with Gasteiger partial charge in [0.2, 0.25) is 12.7 Å². The first-order valence-electron chi connectivity index (χ1n) is 12.0. The molecule has 2 aliphatic rings. The summed E-state index contributed by atoms with van der Waals surface area (Å²) in [4.78, 5) is 38.8. The van der Waals surface area contributed by atoms with Crippen molar-refractivity contribution in [2.45, 2.75) is 6.54 Å². The Hall–Kier alpha value is -4.56. The molecule has 14 nitrogen and oxygen atoms in total. The first kappa shape index (κ1) is 23.8. The summed E-state index contributed by atoms with van der Waals surface area (Å²) in [5.74, 6) is 3.10. The zero-order valence-electron chi connectivity index (χ0n) is 20.8. The van der Waals surface area contributed by atoms with E-state index in [0.717, 1.165) is 17.2 Å². The van der Waals surface area contributed by atoms with E-state index in [-0.39, 0.29) is 12.4 Å². The molecule has 0 aliphatic carbocycles. The maximum atomic E-state index is 11.6. The second kappa shape index (κ2) is 9.72. The minimum absolute atomic E-state index is 0.147. The molecule has 0 spiro atoms. The number of rotatable bonds is 6. The molecule has 3 aromatic heterocycles. The third-order valence-corrected chi connectivity index (χ3v) is 6.46. The summed E-state index contributed by atoms with van der Waals surface area (Å²) < 4.78 is 18.5. The van der Waals surface area contributed by atoms with Crippen LogP contribution in [0.3, 0.4) is 0 Å².